The van der Waals surface area contributed by atoms with Crippen LogP contribution in [0.25, 0.3) is 10.8 Å². The number of para-hydroxylation sites is 1. The molecule has 0 fully saturated rings. The number of hydrogen-bond donors (Lipinski definition) is 1. The molecule has 34 heavy (non-hydrogen) atoms. The summed E-state index contributed by atoms with van der Waals surface area (Å²) in [6.07, 6.45) is 0.458. The SMILES string of the molecule is O=C(Nc1cccc2ccccc12)N(CCc1ccc(Cl)cc1Cl)Cc1ccccc1[N+](=O)[O-]. The minimum Gasteiger partial charge on any atom is -0.320 e. The van der Waals surface area contributed by atoms with E-state index in [-0.39, 0.29) is 18.3 Å². The molecular weight excluding hydrogens is 473 g/mol. The van der Waals surface area contributed by atoms with Crippen LogP contribution in [0.4, 0.5) is 16.2 Å². The van der Waals surface area contributed by atoms with Crippen LogP contribution in [-0.4, -0.2) is 22.4 Å². The lowest BCUT2D eigenvalue weighted by molar-refractivity contribution is -0.385. The number of nitrogens with zero attached hydrogens (tertiary/aromatic N) is 2. The summed E-state index contributed by atoms with van der Waals surface area (Å²) in [5.74, 6) is 0. The molecule has 0 saturated heterocycles. The van der Waals surface area contributed by atoms with Gasteiger partial charge in [-0.15, -0.1) is 0 Å². The lowest BCUT2D eigenvalue weighted by Gasteiger charge is -2.24. The number of carbonyl (C=O) groups is 1. The molecule has 8 heteroatoms. The Labute approximate surface area is 206 Å². The molecule has 0 heterocycles. The Morgan fingerprint density at radius 1 is 0.912 bits per heavy atom. The van der Waals surface area contributed by atoms with E-state index in [0.29, 0.717) is 34.3 Å². The van der Waals surface area contributed by atoms with E-state index in [1.807, 2.05) is 48.5 Å². The highest BCUT2D eigenvalue weighted by Gasteiger charge is 2.21. The van der Waals surface area contributed by atoms with Crippen molar-refractivity contribution in [1.29, 1.82) is 0 Å². The number of benzene rings is 4. The predicted molar refractivity (Wildman–Crippen MR) is 137 cm³/mol. The van der Waals surface area contributed by atoms with Gasteiger partial charge < -0.3 is 10.2 Å². The number of fused-ring (bicyclic) bond motifs is 1. The Balaban J connectivity index is 1.62. The van der Waals surface area contributed by atoms with E-state index in [0.717, 1.165) is 16.3 Å². The molecule has 2 amide bonds. The highest BCUT2D eigenvalue weighted by Crippen LogP contribution is 2.26. The Kier molecular flexibility index (Phi) is 7.30. The van der Waals surface area contributed by atoms with E-state index >= 15 is 0 Å². The number of carbonyl (C=O) groups excluding carboxylic acids is 1. The minimum atomic E-state index is -0.438. The van der Waals surface area contributed by atoms with Crippen molar-refractivity contribution in [3.63, 3.8) is 0 Å². The monoisotopic (exact) mass is 493 g/mol. The van der Waals surface area contributed by atoms with Crippen molar-refractivity contribution in [2.45, 2.75) is 13.0 Å². The second-order valence-electron chi connectivity index (χ2n) is 7.75. The van der Waals surface area contributed by atoms with Crippen LogP contribution in [0.2, 0.25) is 10.0 Å². The zero-order chi connectivity index (χ0) is 24.1. The Bertz CT molecular complexity index is 1350. The summed E-state index contributed by atoms with van der Waals surface area (Å²) in [5, 5.41) is 17.4. The van der Waals surface area contributed by atoms with E-state index < -0.39 is 4.92 Å². The lowest BCUT2D eigenvalue weighted by Crippen LogP contribution is -2.36. The van der Waals surface area contributed by atoms with Gasteiger partial charge in [0, 0.05) is 33.6 Å². The largest absolute Gasteiger partial charge is 0.322 e. The molecule has 0 atom stereocenters. The van der Waals surface area contributed by atoms with Gasteiger partial charge in [0.05, 0.1) is 17.2 Å². The summed E-state index contributed by atoms with van der Waals surface area (Å²) in [6.45, 7) is 0.364. The molecule has 6 nitrogen and oxygen atoms in total. The first kappa shape index (κ1) is 23.5. The average molecular weight is 494 g/mol. The van der Waals surface area contributed by atoms with Crippen molar-refractivity contribution in [3.8, 4) is 0 Å². The number of nitrogens with one attached hydrogen (secondary N) is 1. The van der Waals surface area contributed by atoms with Crippen LogP contribution in [0.1, 0.15) is 11.1 Å². The quantitative estimate of drug-likeness (QED) is 0.216. The first-order chi connectivity index (χ1) is 16.4. The number of rotatable bonds is 7. The van der Waals surface area contributed by atoms with Gasteiger partial charge >= 0.3 is 6.03 Å². The molecule has 0 radical (unpaired) electrons. The molecule has 0 aliphatic carbocycles. The first-order valence-electron chi connectivity index (χ1n) is 10.6. The van der Waals surface area contributed by atoms with Crippen LogP contribution in [0.15, 0.2) is 84.9 Å². The van der Waals surface area contributed by atoms with Gasteiger partial charge in [0.1, 0.15) is 0 Å². The summed E-state index contributed by atoms with van der Waals surface area (Å²) in [5.41, 5.74) is 1.91. The molecule has 0 unspecified atom stereocenters. The highest BCUT2D eigenvalue weighted by atomic mass is 35.5. The summed E-state index contributed by atoms with van der Waals surface area (Å²) in [7, 11) is 0. The van der Waals surface area contributed by atoms with E-state index in [4.69, 9.17) is 23.2 Å². The summed E-state index contributed by atoms with van der Waals surface area (Å²) in [6, 6.07) is 24.7. The number of halogens is 2. The molecule has 0 saturated carbocycles. The predicted octanol–water partition coefficient (Wildman–Crippen LogP) is 7.33. The van der Waals surface area contributed by atoms with Crippen molar-refractivity contribution in [2.75, 3.05) is 11.9 Å². The van der Waals surface area contributed by atoms with Gasteiger partial charge in [-0.05, 0) is 35.6 Å². The number of hydrogen-bond acceptors (Lipinski definition) is 3. The van der Waals surface area contributed by atoms with Gasteiger partial charge in [0.2, 0.25) is 0 Å². The summed E-state index contributed by atoms with van der Waals surface area (Å²) < 4.78 is 0. The van der Waals surface area contributed by atoms with Gasteiger partial charge in [-0.1, -0.05) is 83.9 Å². The van der Waals surface area contributed by atoms with Crippen LogP contribution in [0.3, 0.4) is 0 Å². The molecule has 0 aliphatic rings. The third-order valence-corrected chi connectivity index (χ3v) is 6.12. The van der Waals surface area contributed by atoms with Crippen molar-refractivity contribution in [3.05, 3.63) is 116 Å². The number of nitro benzene ring substituents is 1. The molecule has 4 aromatic rings. The van der Waals surface area contributed by atoms with Gasteiger partial charge in [0.15, 0.2) is 0 Å². The Morgan fingerprint density at radius 3 is 2.44 bits per heavy atom. The average Bonchev–Trinajstić information content (AvgIpc) is 2.83. The molecule has 0 bridgehead atoms. The van der Waals surface area contributed by atoms with Gasteiger partial charge in [-0.3, -0.25) is 10.1 Å². The van der Waals surface area contributed by atoms with E-state index in [9.17, 15) is 14.9 Å². The number of urea groups is 1. The fraction of sp³-hybridized carbons (Fsp3) is 0.115. The van der Waals surface area contributed by atoms with Crippen LogP contribution >= 0.6 is 23.2 Å². The van der Waals surface area contributed by atoms with Crippen molar-refractivity contribution >= 4 is 51.4 Å². The second kappa shape index (κ2) is 10.5. The Morgan fingerprint density at radius 2 is 1.65 bits per heavy atom. The fourth-order valence-corrected chi connectivity index (χ4v) is 4.29. The fourth-order valence-electron chi connectivity index (χ4n) is 3.79. The molecule has 0 aromatic heterocycles. The van der Waals surface area contributed by atoms with Crippen LogP contribution in [-0.2, 0) is 13.0 Å². The van der Waals surface area contributed by atoms with Crippen molar-refractivity contribution < 1.29 is 9.72 Å². The minimum absolute atomic E-state index is 0.0324. The standard InChI is InChI=1S/C26H21Cl2N3O3/c27-21-13-12-19(23(28)16-21)14-15-30(17-20-7-2-4-11-25(20)31(33)34)26(32)29-24-10-5-8-18-6-1-3-9-22(18)24/h1-13,16H,14-15,17H2,(H,29,32). The first-order valence-corrected chi connectivity index (χ1v) is 11.4. The van der Waals surface area contributed by atoms with Gasteiger partial charge in [0.25, 0.3) is 5.69 Å². The lowest BCUT2D eigenvalue weighted by atomic mass is 10.1. The maximum Gasteiger partial charge on any atom is 0.322 e. The van der Waals surface area contributed by atoms with Crippen LogP contribution in [0, 0.1) is 10.1 Å². The number of anilines is 1. The molecule has 4 rings (SSSR count). The summed E-state index contributed by atoms with van der Waals surface area (Å²) in [4.78, 5) is 26.0. The van der Waals surface area contributed by atoms with Crippen LogP contribution < -0.4 is 5.32 Å². The van der Waals surface area contributed by atoms with Crippen molar-refractivity contribution in [1.82, 2.24) is 4.90 Å². The molecule has 0 spiro atoms. The zero-order valence-electron chi connectivity index (χ0n) is 18.1. The molecule has 172 valence electrons. The van der Waals surface area contributed by atoms with Crippen LogP contribution in [0.5, 0.6) is 0 Å². The maximum absolute atomic E-state index is 13.4. The maximum atomic E-state index is 13.4. The normalized spacial score (nSPS) is 10.8. The smallest absolute Gasteiger partial charge is 0.320 e. The highest BCUT2D eigenvalue weighted by molar-refractivity contribution is 6.35. The zero-order valence-corrected chi connectivity index (χ0v) is 19.6. The number of nitro groups is 1. The van der Waals surface area contributed by atoms with Crippen molar-refractivity contribution in [2.24, 2.45) is 0 Å². The number of amides is 2. The topological polar surface area (TPSA) is 75.5 Å². The van der Waals surface area contributed by atoms with Gasteiger partial charge in [-0.2, -0.15) is 0 Å². The molecule has 1 N–H and O–H groups in total. The third-order valence-electron chi connectivity index (χ3n) is 5.53. The second-order valence-corrected chi connectivity index (χ2v) is 8.59. The van der Waals surface area contributed by atoms with E-state index in [1.54, 1.807) is 35.2 Å². The molecular formula is C26H21Cl2N3O3. The summed E-state index contributed by atoms with van der Waals surface area (Å²) >= 11 is 12.3. The molecule has 4 aromatic carbocycles. The Hall–Kier alpha value is -3.61. The van der Waals surface area contributed by atoms with E-state index in [2.05, 4.69) is 5.32 Å². The molecule has 0 aliphatic heterocycles. The van der Waals surface area contributed by atoms with E-state index in [1.165, 1.54) is 6.07 Å². The van der Waals surface area contributed by atoms with Gasteiger partial charge in [-0.25, -0.2) is 4.79 Å². The third kappa shape index (κ3) is 5.47.